The number of aliphatic hydroxyl groups excluding tert-OH is 1. The zero-order valence-corrected chi connectivity index (χ0v) is 15.0. The molecule has 23 heavy (non-hydrogen) atoms. The molecule has 4 nitrogen and oxygen atoms in total. The van der Waals surface area contributed by atoms with E-state index in [1.54, 1.807) is 7.11 Å². The van der Waals surface area contributed by atoms with Crippen LogP contribution in [0.5, 0.6) is 11.5 Å². The highest BCUT2D eigenvalue weighted by Gasteiger charge is 2.12. The molecule has 0 aliphatic carbocycles. The molecule has 0 bridgehead atoms. The largest absolute Gasteiger partial charge is 0.493 e. The van der Waals surface area contributed by atoms with Crippen molar-refractivity contribution in [2.24, 2.45) is 0 Å². The van der Waals surface area contributed by atoms with E-state index in [4.69, 9.17) is 14.6 Å². The predicted molar refractivity (Wildman–Crippen MR) is 95.0 cm³/mol. The van der Waals surface area contributed by atoms with Gasteiger partial charge in [-0.1, -0.05) is 29.8 Å². The summed E-state index contributed by atoms with van der Waals surface area (Å²) in [6.07, 6.45) is 0. The maximum atomic E-state index is 8.82. The summed E-state index contributed by atoms with van der Waals surface area (Å²) in [5, 5.41) is 12.0. The Kier molecular flexibility index (Phi) is 6.89. The Labute approximate surface area is 145 Å². The number of hydrogen-bond acceptors (Lipinski definition) is 4. The van der Waals surface area contributed by atoms with Crippen molar-refractivity contribution in [3.8, 4) is 11.5 Å². The van der Waals surface area contributed by atoms with Gasteiger partial charge < -0.3 is 19.9 Å². The lowest BCUT2D eigenvalue weighted by Crippen LogP contribution is -2.17. The van der Waals surface area contributed by atoms with Gasteiger partial charge in [0.25, 0.3) is 0 Å². The maximum absolute atomic E-state index is 8.82. The van der Waals surface area contributed by atoms with E-state index in [0.717, 1.165) is 15.6 Å². The van der Waals surface area contributed by atoms with Gasteiger partial charge in [0, 0.05) is 13.1 Å². The molecule has 0 atom stereocenters. The second-order valence-corrected chi connectivity index (χ2v) is 6.14. The van der Waals surface area contributed by atoms with Crippen LogP contribution in [0.3, 0.4) is 0 Å². The summed E-state index contributed by atoms with van der Waals surface area (Å²) >= 11 is 3.55. The molecule has 0 unspecified atom stereocenters. The molecule has 124 valence electrons. The van der Waals surface area contributed by atoms with Crippen LogP contribution >= 0.6 is 15.9 Å². The molecule has 0 saturated heterocycles. The molecule has 0 spiro atoms. The Morgan fingerprint density at radius 1 is 1.17 bits per heavy atom. The van der Waals surface area contributed by atoms with E-state index in [1.165, 1.54) is 5.56 Å². The lowest BCUT2D eigenvalue weighted by atomic mass is 10.1. The molecular weight excluding hydrogens is 358 g/mol. The fourth-order valence-corrected chi connectivity index (χ4v) is 2.89. The number of methoxy groups -OCH3 is 1. The number of rotatable bonds is 8. The Balaban J connectivity index is 2.11. The standard InChI is InChI=1S/C18H22BrNO3/c1-13-4-3-5-14(8-13)12-23-18-16(19)9-15(10-17(18)22-2)11-20-6-7-21/h3-5,8-10,20-21H,6-7,11-12H2,1-2H3. The number of halogens is 1. The molecule has 0 radical (unpaired) electrons. The first-order valence-electron chi connectivity index (χ1n) is 7.50. The number of hydrogen-bond donors (Lipinski definition) is 2. The first-order chi connectivity index (χ1) is 11.1. The maximum Gasteiger partial charge on any atom is 0.175 e. The summed E-state index contributed by atoms with van der Waals surface area (Å²) in [7, 11) is 1.63. The lowest BCUT2D eigenvalue weighted by Gasteiger charge is -2.15. The molecule has 0 fully saturated rings. The average molecular weight is 380 g/mol. The van der Waals surface area contributed by atoms with Crippen molar-refractivity contribution in [1.82, 2.24) is 5.32 Å². The van der Waals surface area contributed by atoms with Gasteiger partial charge in [-0.05, 0) is 46.1 Å². The molecule has 0 heterocycles. The summed E-state index contributed by atoms with van der Waals surface area (Å²) in [6, 6.07) is 12.2. The summed E-state index contributed by atoms with van der Waals surface area (Å²) in [6.45, 7) is 3.89. The molecule has 5 heteroatoms. The molecule has 0 saturated carbocycles. The molecule has 0 aromatic heterocycles. The number of nitrogens with one attached hydrogen (secondary N) is 1. The van der Waals surface area contributed by atoms with Crippen LogP contribution in [-0.4, -0.2) is 25.4 Å². The van der Waals surface area contributed by atoms with Crippen molar-refractivity contribution >= 4 is 15.9 Å². The Hall–Kier alpha value is -1.56. The van der Waals surface area contributed by atoms with Crippen molar-refractivity contribution in [2.45, 2.75) is 20.1 Å². The third-order valence-corrected chi connectivity index (χ3v) is 3.96. The molecule has 0 aliphatic rings. The van der Waals surface area contributed by atoms with Gasteiger partial charge in [-0.25, -0.2) is 0 Å². The highest BCUT2D eigenvalue weighted by Crippen LogP contribution is 2.37. The predicted octanol–water partition coefficient (Wildman–Crippen LogP) is 3.43. The van der Waals surface area contributed by atoms with Crippen LogP contribution in [0.2, 0.25) is 0 Å². The van der Waals surface area contributed by atoms with E-state index in [1.807, 2.05) is 24.3 Å². The minimum atomic E-state index is 0.121. The Morgan fingerprint density at radius 2 is 2.00 bits per heavy atom. The van der Waals surface area contributed by atoms with Crippen molar-refractivity contribution in [3.63, 3.8) is 0 Å². The Morgan fingerprint density at radius 3 is 2.70 bits per heavy atom. The number of aryl methyl sites for hydroxylation is 1. The number of aliphatic hydroxyl groups is 1. The van der Waals surface area contributed by atoms with Crippen LogP contribution in [0, 0.1) is 6.92 Å². The minimum absolute atomic E-state index is 0.121. The lowest BCUT2D eigenvalue weighted by molar-refractivity contribution is 0.282. The summed E-state index contributed by atoms with van der Waals surface area (Å²) in [4.78, 5) is 0. The number of ether oxygens (including phenoxy) is 2. The zero-order valence-electron chi connectivity index (χ0n) is 13.4. The van der Waals surface area contributed by atoms with E-state index >= 15 is 0 Å². The van der Waals surface area contributed by atoms with Crippen molar-refractivity contribution in [2.75, 3.05) is 20.3 Å². The summed E-state index contributed by atoms with van der Waals surface area (Å²) < 4.78 is 12.3. The van der Waals surface area contributed by atoms with E-state index in [0.29, 0.717) is 31.2 Å². The van der Waals surface area contributed by atoms with E-state index in [-0.39, 0.29) is 6.61 Å². The Bertz CT molecular complexity index is 646. The highest BCUT2D eigenvalue weighted by atomic mass is 79.9. The van der Waals surface area contributed by atoms with Gasteiger partial charge in [0.05, 0.1) is 18.2 Å². The first kappa shape index (κ1) is 17.8. The topological polar surface area (TPSA) is 50.7 Å². The normalized spacial score (nSPS) is 10.6. The van der Waals surface area contributed by atoms with Crippen LogP contribution < -0.4 is 14.8 Å². The monoisotopic (exact) mass is 379 g/mol. The molecule has 2 aromatic carbocycles. The second-order valence-electron chi connectivity index (χ2n) is 5.29. The summed E-state index contributed by atoms with van der Waals surface area (Å²) in [5.74, 6) is 1.38. The minimum Gasteiger partial charge on any atom is -0.493 e. The number of benzene rings is 2. The average Bonchev–Trinajstić information content (AvgIpc) is 2.53. The van der Waals surface area contributed by atoms with Gasteiger partial charge in [0.1, 0.15) is 6.61 Å². The molecular formula is C18H22BrNO3. The van der Waals surface area contributed by atoms with Gasteiger partial charge >= 0.3 is 0 Å². The SMILES string of the molecule is COc1cc(CNCCO)cc(Br)c1OCc1cccc(C)c1. The first-order valence-corrected chi connectivity index (χ1v) is 8.29. The van der Waals surface area contributed by atoms with Crippen molar-refractivity contribution in [1.29, 1.82) is 0 Å². The zero-order chi connectivity index (χ0) is 16.7. The van der Waals surface area contributed by atoms with E-state index < -0.39 is 0 Å². The van der Waals surface area contributed by atoms with Gasteiger partial charge in [-0.3, -0.25) is 0 Å². The van der Waals surface area contributed by atoms with Crippen LogP contribution in [-0.2, 0) is 13.2 Å². The van der Waals surface area contributed by atoms with Crippen LogP contribution in [0.25, 0.3) is 0 Å². The quantitative estimate of drug-likeness (QED) is 0.689. The van der Waals surface area contributed by atoms with Gasteiger partial charge in [-0.15, -0.1) is 0 Å². The molecule has 2 N–H and O–H groups in total. The fourth-order valence-electron chi connectivity index (χ4n) is 2.28. The molecule has 2 rings (SSSR count). The van der Waals surface area contributed by atoms with E-state index in [9.17, 15) is 0 Å². The third kappa shape index (κ3) is 5.23. The van der Waals surface area contributed by atoms with Gasteiger partial charge in [0.15, 0.2) is 11.5 Å². The van der Waals surface area contributed by atoms with Crippen LogP contribution in [0.1, 0.15) is 16.7 Å². The smallest absolute Gasteiger partial charge is 0.175 e. The van der Waals surface area contributed by atoms with Crippen molar-refractivity contribution < 1.29 is 14.6 Å². The van der Waals surface area contributed by atoms with Crippen LogP contribution in [0.4, 0.5) is 0 Å². The second kappa shape index (κ2) is 8.91. The molecule has 0 aliphatic heterocycles. The van der Waals surface area contributed by atoms with Crippen LogP contribution in [0.15, 0.2) is 40.9 Å². The summed E-state index contributed by atoms with van der Waals surface area (Å²) in [5.41, 5.74) is 3.39. The van der Waals surface area contributed by atoms with Crippen molar-refractivity contribution in [3.05, 3.63) is 57.6 Å². The molecule has 2 aromatic rings. The molecule has 0 amide bonds. The fraction of sp³-hybridized carbons (Fsp3) is 0.333. The highest BCUT2D eigenvalue weighted by molar-refractivity contribution is 9.10. The van der Waals surface area contributed by atoms with Gasteiger partial charge in [0.2, 0.25) is 0 Å². The third-order valence-electron chi connectivity index (χ3n) is 3.37. The van der Waals surface area contributed by atoms with E-state index in [2.05, 4.69) is 40.3 Å². The van der Waals surface area contributed by atoms with Gasteiger partial charge in [-0.2, -0.15) is 0 Å².